The van der Waals surface area contributed by atoms with Crippen LogP contribution in [0.2, 0.25) is 0 Å². The SMILES string of the molecule is C=C(C)C(Nc1ccc(C)cc1)C(=O)OC. The van der Waals surface area contributed by atoms with Crippen LogP contribution < -0.4 is 5.32 Å². The summed E-state index contributed by atoms with van der Waals surface area (Å²) in [5.74, 6) is -0.326. The van der Waals surface area contributed by atoms with E-state index in [0.29, 0.717) is 0 Å². The molecule has 3 nitrogen and oxygen atoms in total. The van der Waals surface area contributed by atoms with E-state index in [-0.39, 0.29) is 5.97 Å². The highest BCUT2D eigenvalue weighted by Gasteiger charge is 2.19. The number of carbonyl (C=O) groups excluding carboxylic acids is 1. The van der Waals surface area contributed by atoms with Crippen LogP contribution in [0.3, 0.4) is 0 Å². The van der Waals surface area contributed by atoms with Gasteiger partial charge in [-0.25, -0.2) is 4.79 Å². The third kappa shape index (κ3) is 3.12. The molecular formula is C13H17NO2. The largest absolute Gasteiger partial charge is 0.467 e. The molecule has 86 valence electrons. The standard InChI is InChI=1S/C13H17NO2/c1-9(2)12(13(15)16-4)14-11-7-5-10(3)6-8-11/h5-8,12,14H,1H2,2-4H3. The van der Waals surface area contributed by atoms with Gasteiger partial charge in [-0.2, -0.15) is 0 Å². The van der Waals surface area contributed by atoms with Gasteiger partial charge < -0.3 is 10.1 Å². The molecule has 0 saturated carbocycles. The molecule has 3 heteroatoms. The monoisotopic (exact) mass is 219 g/mol. The molecule has 0 aliphatic carbocycles. The zero-order valence-electron chi connectivity index (χ0n) is 9.91. The van der Waals surface area contributed by atoms with Gasteiger partial charge in [0.05, 0.1) is 7.11 Å². The average molecular weight is 219 g/mol. The molecule has 1 N–H and O–H groups in total. The maximum atomic E-state index is 11.5. The molecule has 0 aliphatic heterocycles. The van der Waals surface area contributed by atoms with E-state index < -0.39 is 6.04 Å². The van der Waals surface area contributed by atoms with Gasteiger partial charge >= 0.3 is 5.97 Å². The van der Waals surface area contributed by atoms with Crippen LogP contribution in [0.4, 0.5) is 5.69 Å². The lowest BCUT2D eigenvalue weighted by Crippen LogP contribution is -2.31. The number of nitrogens with one attached hydrogen (secondary N) is 1. The minimum absolute atomic E-state index is 0.326. The Labute approximate surface area is 96.1 Å². The Balaban J connectivity index is 2.80. The summed E-state index contributed by atoms with van der Waals surface area (Å²) in [6, 6.07) is 7.32. The number of anilines is 1. The molecule has 0 fully saturated rings. The van der Waals surface area contributed by atoms with Crippen molar-refractivity contribution in [3.63, 3.8) is 0 Å². The maximum Gasteiger partial charge on any atom is 0.332 e. The predicted molar refractivity (Wildman–Crippen MR) is 65.4 cm³/mol. The molecule has 0 aliphatic rings. The van der Waals surface area contributed by atoms with Crippen molar-refractivity contribution in [3.8, 4) is 0 Å². The first-order valence-corrected chi connectivity index (χ1v) is 5.11. The zero-order valence-corrected chi connectivity index (χ0v) is 9.91. The van der Waals surface area contributed by atoms with Crippen molar-refractivity contribution in [2.24, 2.45) is 0 Å². The quantitative estimate of drug-likeness (QED) is 0.624. The highest BCUT2D eigenvalue weighted by Crippen LogP contribution is 2.13. The number of hydrogen-bond donors (Lipinski definition) is 1. The third-order valence-corrected chi connectivity index (χ3v) is 2.29. The number of carbonyl (C=O) groups is 1. The Morgan fingerprint density at radius 1 is 1.38 bits per heavy atom. The third-order valence-electron chi connectivity index (χ3n) is 2.29. The summed E-state index contributed by atoms with van der Waals surface area (Å²) in [6.45, 7) is 7.58. The number of ether oxygens (including phenoxy) is 1. The van der Waals surface area contributed by atoms with Gasteiger partial charge in [0.1, 0.15) is 6.04 Å². The average Bonchev–Trinajstić information content (AvgIpc) is 2.27. The Bertz CT molecular complexity index is 381. The second-order valence-electron chi connectivity index (χ2n) is 3.81. The van der Waals surface area contributed by atoms with E-state index >= 15 is 0 Å². The molecular weight excluding hydrogens is 202 g/mol. The normalized spacial score (nSPS) is 11.7. The Kier molecular flexibility index (Phi) is 4.11. The first kappa shape index (κ1) is 12.3. The minimum atomic E-state index is -0.493. The summed E-state index contributed by atoms with van der Waals surface area (Å²) in [5, 5.41) is 3.08. The molecule has 1 aromatic rings. The topological polar surface area (TPSA) is 38.3 Å². The van der Waals surface area contributed by atoms with Gasteiger partial charge in [-0.3, -0.25) is 0 Å². The smallest absolute Gasteiger partial charge is 0.332 e. The van der Waals surface area contributed by atoms with E-state index in [2.05, 4.69) is 11.9 Å². The van der Waals surface area contributed by atoms with Crippen LogP contribution >= 0.6 is 0 Å². The Morgan fingerprint density at radius 3 is 2.38 bits per heavy atom. The van der Waals surface area contributed by atoms with Crippen molar-refractivity contribution in [1.82, 2.24) is 0 Å². The van der Waals surface area contributed by atoms with Crippen molar-refractivity contribution in [3.05, 3.63) is 42.0 Å². The number of rotatable bonds is 4. The maximum absolute atomic E-state index is 11.5. The lowest BCUT2D eigenvalue weighted by Gasteiger charge is -2.17. The number of aryl methyl sites for hydroxylation is 1. The molecule has 0 amide bonds. The highest BCUT2D eigenvalue weighted by atomic mass is 16.5. The van der Waals surface area contributed by atoms with Crippen LogP contribution in [0.1, 0.15) is 12.5 Å². The lowest BCUT2D eigenvalue weighted by atomic mass is 10.1. The van der Waals surface area contributed by atoms with Crippen LogP contribution in [0, 0.1) is 6.92 Å². The minimum Gasteiger partial charge on any atom is -0.467 e. The molecule has 1 unspecified atom stereocenters. The van der Waals surface area contributed by atoms with Crippen LogP contribution in [-0.4, -0.2) is 19.1 Å². The molecule has 0 aromatic heterocycles. The summed E-state index contributed by atoms with van der Waals surface area (Å²) in [4.78, 5) is 11.5. The van der Waals surface area contributed by atoms with E-state index in [1.807, 2.05) is 31.2 Å². The Hall–Kier alpha value is -1.77. The zero-order chi connectivity index (χ0) is 12.1. The van der Waals surface area contributed by atoms with Crippen LogP contribution in [0.15, 0.2) is 36.4 Å². The number of benzene rings is 1. The summed E-state index contributed by atoms with van der Waals surface area (Å²) in [5.41, 5.74) is 2.78. The van der Waals surface area contributed by atoms with Gasteiger partial charge in [-0.15, -0.1) is 0 Å². The molecule has 1 aromatic carbocycles. The molecule has 0 spiro atoms. The van der Waals surface area contributed by atoms with E-state index in [1.165, 1.54) is 12.7 Å². The fourth-order valence-corrected chi connectivity index (χ4v) is 1.32. The van der Waals surface area contributed by atoms with Gasteiger partial charge in [0, 0.05) is 5.69 Å². The first-order chi connectivity index (χ1) is 7.54. The Morgan fingerprint density at radius 2 is 1.94 bits per heavy atom. The summed E-state index contributed by atoms with van der Waals surface area (Å²) >= 11 is 0. The van der Waals surface area contributed by atoms with E-state index in [9.17, 15) is 4.79 Å². The van der Waals surface area contributed by atoms with Crippen molar-refractivity contribution in [2.45, 2.75) is 19.9 Å². The van der Waals surface area contributed by atoms with Crippen LogP contribution in [0.5, 0.6) is 0 Å². The summed E-state index contributed by atoms with van der Waals surface area (Å²) < 4.78 is 4.71. The number of esters is 1. The summed E-state index contributed by atoms with van der Waals surface area (Å²) in [6.07, 6.45) is 0. The van der Waals surface area contributed by atoms with E-state index in [0.717, 1.165) is 11.3 Å². The van der Waals surface area contributed by atoms with Crippen LogP contribution in [0.25, 0.3) is 0 Å². The van der Waals surface area contributed by atoms with E-state index in [1.54, 1.807) is 6.92 Å². The predicted octanol–water partition coefficient (Wildman–Crippen LogP) is 2.52. The van der Waals surface area contributed by atoms with Gasteiger partial charge in [-0.05, 0) is 31.6 Å². The molecule has 0 bridgehead atoms. The van der Waals surface area contributed by atoms with Gasteiger partial charge in [0.15, 0.2) is 0 Å². The van der Waals surface area contributed by atoms with E-state index in [4.69, 9.17) is 4.74 Å². The number of methoxy groups -OCH3 is 1. The molecule has 0 saturated heterocycles. The molecule has 0 heterocycles. The fourth-order valence-electron chi connectivity index (χ4n) is 1.32. The van der Waals surface area contributed by atoms with Gasteiger partial charge in [0.25, 0.3) is 0 Å². The molecule has 16 heavy (non-hydrogen) atoms. The van der Waals surface area contributed by atoms with Crippen LogP contribution in [-0.2, 0) is 9.53 Å². The van der Waals surface area contributed by atoms with Gasteiger partial charge in [0.2, 0.25) is 0 Å². The molecule has 1 atom stereocenters. The van der Waals surface area contributed by atoms with Crippen molar-refractivity contribution >= 4 is 11.7 Å². The van der Waals surface area contributed by atoms with Gasteiger partial charge in [-0.1, -0.05) is 24.3 Å². The van der Waals surface area contributed by atoms with Crippen molar-refractivity contribution in [2.75, 3.05) is 12.4 Å². The molecule has 0 radical (unpaired) electrons. The lowest BCUT2D eigenvalue weighted by molar-refractivity contribution is -0.140. The van der Waals surface area contributed by atoms with Crippen molar-refractivity contribution < 1.29 is 9.53 Å². The second kappa shape index (κ2) is 5.35. The highest BCUT2D eigenvalue weighted by molar-refractivity contribution is 5.82. The first-order valence-electron chi connectivity index (χ1n) is 5.11. The molecule has 1 rings (SSSR count). The van der Waals surface area contributed by atoms with Crippen molar-refractivity contribution in [1.29, 1.82) is 0 Å². The number of hydrogen-bond acceptors (Lipinski definition) is 3. The second-order valence-corrected chi connectivity index (χ2v) is 3.81. The summed E-state index contributed by atoms with van der Waals surface area (Å²) in [7, 11) is 1.37. The fraction of sp³-hybridized carbons (Fsp3) is 0.308.